The second-order valence-electron chi connectivity index (χ2n) is 7.99. The summed E-state index contributed by atoms with van der Waals surface area (Å²) in [6.07, 6.45) is 0.492. The van der Waals surface area contributed by atoms with Crippen molar-refractivity contribution in [3.8, 4) is 5.75 Å². The Kier molecular flexibility index (Phi) is 9.73. The summed E-state index contributed by atoms with van der Waals surface area (Å²) < 4.78 is 37.4. The normalized spacial score (nSPS) is 22.1. The zero-order chi connectivity index (χ0) is 27.0. The summed E-state index contributed by atoms with van der Waals surface area (Å²) in [6.45, 7) is 8.17. The van der Waals surface area contributed by atoms with Crippen LogP contribution in [0, 0.1) is 0 Å². The van der Waals surface area contributed by atoms with Crippen LogP contribution in [-0.4, -0.2) is 71.7 Å². The van der Waals surface area contributed by atoms with Gasteiger partial charge in [-0.15, -0.1) is 0 Å². The van der Waals surface area contributed by atoms with Crippen LogP contribution in [0.2, 0.25) is 0 Å². The number of esters is 1. The number of para-hydroxylation sites is 1. The Morgan fingerprint density at radius 2 is 2.19 bits per heavy atom. The molecule has 1 fully saturated rings. The summed E-state index contributed by atoms with van der Waals surface area (Å²) in [5.41, 5.74) is 6.20. The molecule has 1 aliphatic rings. The predicted octanol–water partition coefficient (Wildman–Crippen LogP) is 2.11. The standard InChI is InChI=1S/C23H31N6O7P/c1-5-11-33-23(31)15(2)28-37(32,36-16-9-7-6-8-10-16)34-13-18-17(30)12-19(35-18)29-14-27-20(21(24)25-3)22(29)26-4/h5-10,14-15,17-19,30H,1,4,11-13H2,2-3H3,(H2,24,25)(H,28,32)/t15-,17+,18-,19-,37-/m0/s1. The van der Waals surface area contributed by atoms with Gasteiger partial charge in [-0.2, -0.15) is 5.09 Å². The summed E-state index contributed by atoms with van der Waals surface area (Å²) in [7, 11) is -2.61. The lowest BCUT2D eigenvalue weighted by atomic mass is 10.2. The van der Waals surface area contributed by atoms with Gasteiger partial charge in [0.2, 0.25) is 0 Å². The number of aliphatic hydroxyl groups excluding tert-OH is 1. The summed E-state index contributed by atoms with van der Waals surface area (Å²) in [6, 6.07) is 7.28. The summed E-state index contributed by atoms with van der Waals surface area (Å²) in [4.78, 5) is 24.3. The molecule has 14 heteroatoms. The van der Waals surface area contributed by atoms with Crippen LogP contribution in [-0.2, 0) is 23.4 Å². The molecule has 4 N–H and O–H groups in total. The fourth-order valence-corrected chi connectivity index (χ4v) is 4.98. The first kappa shape index (κ1) is 28.2. The first-order chi connectivity index (χ1) is 17.7. The van der Waals surface area contributed by atoms with Gasteiger partial charge in [0.1, 0.15) is 42.3 Å². The molecule has 1 aromatic carbocycles. The van der Waals surface area contributed by atoms with Gasteiger partial charge in [-0.25, -0.2) is 14.5 Å². The molecule has 2 aromatic rings. The van der Waals surface area contributed by atoms with E-state index >= 15 is 0 Å². The van der Waals surface area contributed by atoms with Crippen molar-refractivity contribution in [2.75, 3.05) is 20.3 Å². The molecule has 1 aliphatic heterocycles. The molecular weight excluding hydrogens is 503 g/mol. The number of carbonyl (C=O) groups excluding carboxylic acids is 1. The average Bonchev–Trinajstić information content (AvgIpc) is 3.49. The van der Waals surface area contributed by atoms with Crippen molar-refractivity contribution in [3.63, 3.8) is 0 Å². The highest BCUT2D eigenvalue weighted by atomic mass is 31.2. The molecule has 5 atom stereocenters. The van der Waals surface area contributed by atoms with Crippen molar-refractivity contribution in [3.05, 3.63) is 55.0 Å². The van der Waals surface area contributed by atoms with Crippen molar-refractivity contribution in [2.24, 2.45) is 15.7 Å². The van der Waals surface area contributed by atoms with Gasteiger partial charge in [0.05, 0.1) is 19.0 Å². The molecule has 13 nitrogen and oxygen atoms in total. The molecule has 2 heterocycles. The van der Waals surface area contributed by atoms with E-state index in [1.807, 2.05) is 0 Å². The molecule has 200 valence electrons. The smallest absolute Gasteiger partial charge is 0.459 e. The highest BCUT2D eigenvalue weighted by Gasteiger charge is 2.40. The number of nitrogens with one attached hydrogen (secondary N) is 1. The number of imidazole rings is 1. The quantitative estimate of drug-likeness (QED) is 0.114. The lowest BCUT2D eigenvalue weighted by Gasteiger charge is -2.24. The number of ether oxygens (including phenoxy) is 2. The second-order valence-corrected chi connectivity index (χ2v) is 9.68. The number of hydrogen-bond acceptors (Lipinski definition) is 10. The maximum absolute atomic E-state index is 13.6. The minimum atomic E-state index is -4.13. The Hall–Kier alpha value is -3.35. The van der Waals surface area contributed by atoms with Crippen LogP contribution in [0.5, 0.6) is 5.75 Å². The summed E-state index contributed by atoms with van der Waals surface area (Å²) in [5.74, 6) is 0.0744. The minimum absolute atomic E-state index is 0.00761. The monoisotopic (exact) mass is 534 g/mol. The maximum atomic E-state index is 13.6. The van der Waals surface area contributed by atoms with E-state index in [4.69, 9.17) is 24.3 Å². The number of nitrogens with zero attached hydrogens (tertiary/aromatic N) is 4. The van der Waals surface area contributed by atoms with Crippen molar-refractivity contribution < 1.29 is 33.0 Å². The Morgan fingerprint density at radius 3 is 2.84 bits per heavy atom. The highest BCUT2D eigenvalue weighted by Crippen LogP contribution is 2.46. The van der Waals surface area contributed by atoms with Gasteiger partial charge in [0.25, 0.3) is 0 Å². The molecule has 0 saturated carbocycles. The van der Waals surface area contributed by atoms with Gasteiger partial charge in [0, 0.05) is 13.5 Å². The number of benzene rings is 1. The van der Waals surface area contributed by atoms with Crippen LogP contribution in [0.1, 0.15) is 25.3 Å². The largest absolute Gasteiger partial charge is 0.460 e. The van der Waals surface area contributed by atoms with Crippen molar-refractivity contribution in [1.29, 1.82) is 0 Å². The molecule has 0 radical (unpaired) electrons. The number of hydrogen-bond donors (Lipinski definition) is 3. The maximum Gasteiger partial charge on any atom is 0.459 e. The number of nitrogens with two attached hydrogens (primary N) is 1. The van der Waals surface area contributed by atoms with Crippen molar-refractivity contribution in [2.45, 2.75) is 37.8 Å². The number of aromatic nitrogens is 2. The van der Waals surface area contributed by atoms with Gasteiger partial charge in [-0.1, -0.05) is 30.9 Å². The third-order valence-corrected chi connectivity index (χ3v) is 6.99. The molecule has 37 heavy (non-hydrogen) atoms. The van der Waals surface area contributed by atoms with E-state index in [1.165, 1.54) is 26.4 Å². The summed E-state index contributed by atoms with van der Waals surface area (Å²) >= 11 is 0. The van der Waals surface area contributed by atoms with Gasteiger partial charge in [-0.3, -0.25) is 18.9 Å². The fourth-order valence-electron chi connectivity index (χ4n) is 3.48. The van der Waals surface area contributed by atoms with Gasteiger partial charge < -0.3 is 24.8 Å². The van der Waals surface area contributed by atoms with E-state index in [1.54, 1.807) is 34.9 Å². The lowest BCUT2D eigenvalue weighted by Crippen LogP contribution is -2.36. The topological polar surface area (TPSA) is 172 Å². The fraction of sp³-hybridized carbons (Fsp3) is 0.391. The Labute approximate surface area is 214 Å². The SMILES string of the molecule is C=CCOC(=O)[C@H](C)N[P@](=O)(OC[C@@H]1O[C@H](n2cnc(C(N)=NC)c2N=C)C[C@H]1O)Oc1ccccc1. The number of aliphatic imine (C=N–C) groups is 2. The zero-order valence-electron chi connectivity index (χ0n) is 20.6. The number of carbonyl (C=O) groups is 1. The van der Waals surface area contributed by atoms with Crippen LogP contribution in [0.25, 0.3) is 0 Å². The lowest BCUT2D eigenvalue weighted by molar-refractivity contribution is -0.144. The summed E-state index contributed by atoms with van der Waals surface area (Å²) in [5, 5.41) is 13.2. The molecule has 0 aliphatic carbocycles. The van der Waals surface area contributed by atoms with Gasteiger partial charge >= 0.3 is 13.7 Å². The Bertz CT molecular complexity index is 1170. The molecular formula is C23H31N6O7P. The van der Waals surface area contributed by atoms with Gasteiger partial charge in [0.15, 0.2) is 5.82 Å². The van der Waals surface area contributed by atoms with E-state index < -0.39 is 38.2 Å². The first-order valence-corrected chi connectivity index (χ1v) is 12.9. The Morgan fingerprint density at radius 1 is 1.46 bits per heavy atom. The zero-order valence-corrected chi connectivity index (χ0v) is 21.5. The molecule has 0 spiro atoms. The highest BCUT2D eigenvalue weighted by molar-refractivity contribution is 7.52. The molecule has 3 rings (SSSR count). The van der Waals surface area contributed by atoms with Crippen molar-refractivity contribution in [1.82, 2.24) is 14.6 Å². The molecule has 0 unspecified atom stereocenters. The van der Waals surface area contributed by atoms with Crippen LogP contribution >= 0.6 is 7.75 Å². The van der Waals surface area contributed by atoms with E-state index in [-0.39, 0.29) is 31.2 Å². The number of amidine groups is 1. The van der Waals surface area contributed by atoms with Crippen LogP contribution in [0.4, 0.5) is 5.82 Å². The van der Waals surface area contributed by atoms with E-state index in [2.05, 4.69) is 33.4 Å². The minimum Gasteiger partial charge on any atom is -0.460 e. The number of aliphatic hydroxyl groups is 1. The molecule has 1 aromatic heterocycles. The average molecular weight is 535 g/mol. The predicted molar refractivity (Wildman–Crippen MR) is 137 cm³/mol. The van der Waals surface area contributed by atoms with Crippen LogP contribution < -0.4 is 15.3 Å². The van der Waals surface area contributed by atoms with Crippen LogP contribution in [0.3, 0.4) is 0 Å². The van der Waals surface area contributed by atoms with Crippen molar-refractivity contribution >= 4 is 32.1 Å². The molecule has 0 amide bonds. The Balaban J connectivity index is 1.73. The third kappa shape index (κ3) is 7.12. The second kappa shape index (κ2) is 12.7. The number of rotatable bonds is 13. The van der Waals surface area contributed by atoms with E-state index in [0.29, 0.717) is 11.5 Å². The van der Waals surface area contributed by atoms with E-state index in [0.717, 1.165) is 0 Å². The molecule has 1 saturated heterocycles. The first-order valence-electron chi connectivity index (χ1n) is 11.4. The molecule has 0 bridgehead atoms. The van der Waals surface area contributed by atoms with E-state index in [9.17, 15) is 14.5 Å². The third-order valence-electron chi connectivity index (χ3n) is 5.34. The van der Waals surface area contributed by atoms with Crippen LogP contribution in [0.15, 0.2) is 59.3 Å². The van der Waals surface area contributed by atoms with Gasteiger partial charge in [-0.05, 0) is 25.8 Å².